The van der Waals surface area contributed by atoms with Crippen molar-refractivity contribution in [1.29, 1.82) is 0 Å². The van der Waals surface area contributed by atoms with Crippen molar-refractivity contribution in [2.24, 2.45) is 0 Å². The third kappa shape index (κ3) is 1.94. The molecule has 1 fully saturated rings. The van der Waals surface area contributed by atoms with E-state index in [0.717, 1.165) is 16.5 Å². The van der Waals surface area contributed by atoms with E-state index >= 15 is 0 Å². The minimum absolute atomic E-state index is 0.153. The first-order valence-corrected chi connectivity index (χ1v) is 6.78. The van der Waals surface area contributed by atoms with Crippen molar-refractivity contribution in [2.75, 3.05) is 4.90 Å². The standard InChI is InChI=1S/C14H11BrN2O2/c1-8-2-3-11-9(6-8)14(10(15)7-16-11)17-12(18)4-5-13(17)19/h2-3,6-7H,4-5H2,1H3. The average Bonchev–Trinajstić information content (AvgIpc) is 2.70. The summed E-state index contributed by atoms with van der Waals surface area (Å²) < 4.78 is 0.661. The molecule has 0 spiro atoms. The van der Waals surface area contributed by atoms with Crippen LogP contribution in [0.2, 0.25) is 0 Å². The highest BCUT2D eigenvalue weighted by Crippen LogP contribution is 2.36. The van der Waals surface area contributed by atoms with Crippen molar-refractivity contribution in [3.63, 3.8) is 0 Å². The van der Waals surface area contributed by atoms with Gasteiger partial charge in [0, 0.05) is 24.4 Å². The Hall–Kier alpha value is -1.75. The predicted molar refractivity (Wildman–Crippen MR) is 75.9 cm³/mol. The van der Waals surface area contributed by atoms with Gasteiger partial charge in [0.2, 0.25) is 11.8 Å². The normalized spacial score (nSPS) is 15.6. The number of carbonyl (C=O) groups excluding carboxylic acids is 2. The van der Waals surface area contributed by atoms with E-state index in [2.05, 4.69) is 20.9 Å². The third-order valence-corrected chi connectivity index (χ3v) is 3.81. The molecule has 5 heteroatoms. The number of amides is 2. The fourth-order valence-electron chi connectivity index (χ4n) is 2.32. The van der Waals surface area contributed by atoms with Gasteiger partial charge in [-0.2, -0.15) is 0 Å². The van der Waals surface area contributed by atoms with Gasteiger partial charge in [-0.25, -0.2) is 4.90 Å². The summed E-state index contributed by atoms with van der Waals surface area (Å²) in [6, 6.07) is 5.80. The lowest BCUT2D eigenvalue weighted by atomic mass is 10.1. The Morgan fingerprint density at radius 3 is 2.58 bits per heavy atom. The highest BCUT2D eigenvalue weighted by molar-refractivity contribution is 9.10. The molecule has 96 valence electrons. The Morgan fingerprint density at radius 2 is 1.89 bits per heavy atom. The molecule has 1 aliphatic rings. The minimum Gasteiger partial charge on any atom is -0.274 e. The van der Waals surface area contributed by atoms with Crippen LogP contribution < -0.4 is 4.90 Å². The zero-order valence-electron chi connectivity index (χ0n) is 10.3. The lowest BCUT2D eigenvalue weighted by molar-refractivity contribution is -0.121. The Labute approximate surface area is 118 Å². The van der Waals surface area contributed by atoms with Crippen LogP contribution in [0, 0.1) is 6.92 Å². The van der Waals surface area contributed by atoms with Crippen molar-refractivity contribution in [2.45, 2.75) is 19.8 Å². The molecule has 3 rings (SSSR count). The van der Waals surface area contributed by atoms with Crippen molar-refractivity contribution >= 4 is 44.3 Å². The Kier molecular flexibility index (Phi) is 2.86. The summed E-state index contributed by atoms with van der Waals surface area (Å²) in [5.74, 6) is -0.306. The molecule has 1 aromatic carbocycles. The molecule has 1 aromatic heterocycles. The average molecular weight is 319 g/mol. The molecule has 1 saturated heterocycles. The van der Waals surface area contributed by atoms with E-state index < -0.39 is 0 Å². The second kappa shape index (κ2) is 4.42. The zero-order valence-corrected chi connectivity index (χ0v) is 11.9. The molecule has 0 unspecified atom stereocenters. The maximum atomic E-state index is 11.9. The Morgan fingerprint density at radius 1 is 1.21 bits per heavy atom. The molecule has 19 heavy (non-hydrogen) atoms. The quantitative estimate of drug-likeness (QED) is 0.759. The molecular formula is C14H11BrN2O2. The first-order chi connectivity index (χ1) is 9.08. The summed E-state index contributed by atoms with van der Waals surface area (Å²) in [6.07, 6.45) is 2.19. The molecular weight excluding hydrogens is 308 g/mol. The number of benzene rings is 1. The SMILES string of the molecule is Cc1ccc2ncc(Br)c(N3C(=O)CCC3=O)c2c1. The monoisotopic (exact) mass is 318 g/mol. The van der Waals surface area contributed by atoms with E-state index in [1.54, 1.807) is 6.20 Å². The van der Waals surface area contributed by atoms with Gasteiger partial charge in [0.15, 0.2) is 0 Å². The first kappa shape index (κ1) is 12.3. The summed E-state index contributed by atoms with van der Waals surface area (Å²) in [5, 5.41) is 0.818. The number of hydrogen-bond acceptors (Lipinski definition) is 3. The van der Waals surface area contributed by atoms with Crippen LogP contribution in [-0.4, -0.2) is 16.8 Å². The number of aryl methyl sites for hydroxylation is 1. The summed E-state index contributed by atoms with van der Waals surface area (Å²) in [5.41, 5.74) is 2.45. The van der Waals surface area contributed by atoms with Gasteiger partial charge in [0.1, 0.15) is 0 Å². The Bertz CT molecular complexity index is 691. The van der Waals surface area contributed by atoms with Crippen molar-refractivity contribution in [1.82, 2.24) is 4.98 Å². The molecule has 1 aliphatic heterocycles. The zero-order chi connectivity index (χ0) is 13.6. The maximum absolute atomic E-state index is 11.9. The summed E-state index contributed by atoms with van der Waals surface area (Å²) in [4.78, 5) is 29.4. The Balaban J connectivity index is 2.32. The molecule has 0 aliphatic carbocycles. The lowest BCUT2D eigenvalue weighted by Crippen LogP contribution is -2.29. The molecule has 0 saturated carbocycles. The highest BCUT2D eigenvalue weighted by atomic mass is 79.9. The highest BCUT2D eigenvalue weighted by Gasteiger charge is 2.32. The number of carbonyl (C=O) groups is 2. The maximum Gasteiger partial charge on any atom is 0.234 e. The van der Waals surface area contributed by atoms with E-state index in [1.165, 1.54) is 4.90 Å². The number of halogens is 1. The number of anilines is 1. The van der Waals surface area contributed by atoms with Gasteiger partial charge in [-0.3, -0.25) is 14.6 Å². The molecule has 0 radical (unpaired) electrons. The van der Waals surface area contributed by atoms with Gasteiger partial charge in [-0.15, -0.1) is 0 Å². The fourth-order valence-corrected chi connectivity index (χ4v) is 2.81. The van der Waals surface area contributed by atoms with Crippen LogP contribution in [0.3, 0.4) is 0 Å². The topological polar surface area (TPSA) is 50.3 Å². The molecule has 0 atom stereocenters. The number of pyridine rings is 1. The molecule has 2 amide bonds. The minimum atomic E-state index is -0.153. The molecule has 2 heterocycles. The van der Waals surface area contributed by atoms with E-state index in [1.807, 2.05) is 25.1 Å². The van der Waals surface area contributed by atoms with Gasteiger partial charge < -0.3 is 0 Å². The van der Waals surface area contributed by atoms with E-state index in [9.17, 15) is 9.59 Å². The third-order valence-electron chi connectivity index (χ3n) is 3.23. The molecule has 0 bridgehead atoms. The van der Waals surface area contributed by atoms with Crippen LogP contribution in [0.25, 0.3) is 10.9 Å². The van der Waals surface area contributed by atoms with Crippen LogP contribution in [0.1, 0.15) is 18.4 Å². The second-order valence-corrected chi connectivity index (χ2v) is 5.45. The van der Waals surface area contributed by atoms with Gasteiger partial charge in [0.05, 0.1) is 15.7 Å². The number of imide groups is 1. The lowest BCUT2D eigenvalue weighted by Gasteiger charge is -2.18. The van der Waals surface area contributed by atoms with Gasteiger partial charge in [0.25, 0.3) is 0 Å². The first-order valence-electron chi connectivity index (χ1n) is 5.98. The van der Waals surface area contributed by atoms with Crippen LogP contribution in [0.4, 0.5) is 5.69 Å². The fraction of sp³-hybridized carbons (Fsp3) is 0.214. The van der Waals surface area contributed by atoms with Crippen LogP contribution in [-0.2, 0) is 9.59 Å². The molecule has 4 nitrogen and oxygen atoms in total. The van der Waals surface area contributed by atoms with Gasteiger partial charge in [-0.05, 0) is 35.0 Å². The summed E-state index contributed by atoms with van der Waals surface area (Å²) in [6.45, 7) is 1.97. The molecule has 2 aromatic rings. The predicted octanol–water partition coefficient (Wildman–Crippen LogP) is 2.96. The number of nitrogens with zero attached hydrogens (tertiary/aromatic N) is 2. The number of hydrogen-bond donors (Lipinski definition) is 0. The summed E-state index contributed by atoms with van der Waals surface area (Å²) >= 11 is 3.40. The van der Waals surface area contributed by atoms with Gasteiger partial charge in [-0.1, -0.05) is 11.6 Å². The van der Waals surface area contributed by atoms with E-state index in [-0.39, 0.29) is 24.7 Å². The summed E-state index contributed by atoms with van der Waals surface area (Å²) in [7, 11) is 0. The molecule has 0 N–H and O–H groups in total. The largest absolute Gasteiger partial charge is 0.274 e. The van der Waals surface area contributed by atoms with Crippen molar-refractivity contribution in [3.05, 3.63) is 34.4 Å². The van der Waals surface area contributed by atoms with Crippen molar-refractivity contribution < 1.29 is 9.59 Å². The number of aromatic nitrogens is 1. The van der Waals surface area contributed by atoms with Crippen LogP contribution in [0.5, 0.6) is 0 Å². The van der Waals surface area contributed by atoms with Crippen molar-refractivity contribution in [3.8, 4) is 0 Å². The van der Waals surface area contributed by atoms with E-state index in [0.29, 0.717) is 10.2 Å². The number of fused-ring (bicyclic) bond motifs is 1. The van der Waals surface area contributed by atoms with Crippen LogP contribution >= 0.6 is 15.9 Å². The second-order valence-electron chi connectivity index (χ2n) is 4.60. The van der Waals surface area contributed by atoms with Gasteiger partial charge >= 0.3 is 0 Å². The number of rotatable bonds is 1. The van der Waals surface area contributed by atoms with Crippen LogP contribution in [0.15, 0.2) is 28.9 Å². The smallest absolute Gasteiger partial charge is 0.234 e. The van der Waals surface area contributed by atoms with E-state index in [4.69, 9.17) is 0 Å².